The standard InChI is InChI=1S/C13H20F3N3OS/c1-3-4-19-5-6-20-9(8-19)11(17-2)10-7-18-12(21-10)13(14,15)16/h7,9,11,17H,3-6,8H2,1-2H3. The molecule has 0 radical (unpaired) electrons. The maximum Gasteiger partial charge on any atom is 0.443 e. The average molecular weight is 323 g/mol. The zero-order valence-electron chi connectivity index (χ0n) is 12.1. The Balaban J connectivity index is 2.10. The Morgan fingerprint density at radius 3 is 2.90 bits per heavy atom. The molecular formula is C13H20F3N3OS. The molecule has 1 aromatic rings. The molecule has 0 aliphatic carbocycles. The van der Waals surface area contributed by atoms with Gasteiger partial charge in [0.1, 0.15) is 0 Å². The molecule has 2 atom stereocenters. The minimum absolute atomic E-state index is 0.156. The van der Waals surface area contributed by atoms with E-state index in [0.29, 0.717) is 22.8 Å². The summed E-state index contributed by atoms with van der Waals surface area (Å²) in [6, 6.07) is -0.266. The molecule has 21 heavy (non-hydrogen) atoms. The maximum absolute atomic E-state index is 12.7. The van der Waals surface area contributed by atoms with Gasteiger partial charge in [-0.1, -0.05) is 6.92 Å². The Morgan fingerprint density at radius 2 is 2.33 bits per heavy atom. The lowest BCUT2D eigenvalue weighted by atomic mass is 10.1. The molecule has 1 fully saturated rings. The van der Waals surface area contributed by atoms with Crippen molar-refractivity contribution in [3.05, 3.63) is 16.1 Å². The normalized spacial score (nSPS) is 22.4. The van der Waals surface area contributed by atoms with Crippen LogP contribution in [0.15, 0.2) is 6.20 Å². The summed E-state index contributed by atoms with van der Waals surface area (Å²) in [6.07, 6.45) is -2.19. The molecule has 4 nitrogen and oxygen atoms in total. The van der Waals surface area contributed by atoms with Gasteiger partial charge in [-0.05, 0) is 20.0 Å². The van der Waals surface area contributed by atoms with Crippen LogP contribution in [0, 0.1) is 0 Å². The van der Waals surface area contributed by atoms with Crippen molar-refractivity contribution in [1.29, 1.82) is 0 Å². The number of halogens is 3. The molecule has 2 rings (SSSR count). The second-order valence-corrected chi connectivity index (χ2v) is 6.10. The monoisotopic (exact) mass is 323 g/mol. The highest BCUT2D eigenvalue weighted by molar-refractivity contribution is 7.11. The number of alkyl halides is 3. The summed E-state index contributed by atoms with van der Waals surface area (Å²) in [5, 5.41) is 2.26. The lowest BCUT2D eigenvalue weighted by molar-refractivity contribution is -0.137. The van der Waals surface area contributed by atoms with E-state index >= 15 is 0 Å². The fourth-order valence-corrected chi connectivity index (χ4v) is 3.47. The molecule has 120 valence electrons. The van der Waals surface area contributed by atoms with Gasteiger partial charge in [0.2, 0.25) is 0 Å². The van der Waals surface area contributed by atoms with E-state index < -0.39 is 11.2 Å². The van der Waals surface area contributed by atoms with Crippen LogP contribution in [0.2, 0.25) is 0 Å². The van der Waals surface area contributed by atoms with Crippen molar-refractivity contribution in [1.82, 2.24) is 15.2 Å². The number of nitrogens with one attached hydrogen (secondary N) is 1. The van der Waals surface area contributed by atoms with Gasteiger partial charge in [-0.25, -0.2) is 4.98 Å². The fraction of sp³-hybridized carbons (Fsp3) is 0.769. The smallest absolute Gasteiger partial charge is 0.374 e. The van der Waals surface area contributed by atoms with Crippen molar-refractivity contribution in [2.75, 3.05) is 33.3 Å². The van der Waals surface area contributed by atoms with Crippen molar-refractivity contribution in [2.24, 2.45) is 0 Å². The quantitative estimate of drug-likeness (QED) is 0.903. The van der Waals surface area contributed by atoms with Gasteiger partial charge in [0.15, 0.2) is 5.01 Å². The predicted octanol–water partition coefficient (Wildman–Crippen LogP) is 2.53. The SMILES string of the molecule is CCCN1CCOC(C(NC)c2cnc(C(F)(F)F)s2)C1. The van der Waals surface area contributed by atoms with E-state index in [0.717, 1.165) is 26.1 Å². The van der Waals surface area contributed by atoms with Gasteiger partial charge >= 0.3 is 6.18 Å². The number of hydrogen-bond acceptors (Lipinski definition) is 5. The molecule has 0 bridgehead atoms. The molecule has 1 N–H and O–H groups in total. The number of likely N-dealkylation sites (N-methyl/N-ethyl adjacent to an activating group) is 1. The third-order valence-electron chi connectivity index (χ3n) is 3.47. The highest BCUT2D eigenvalue weighted by Gasteiger charge is 2.37. The van der Waals surface area contributed by atoms with Gasteiger partial charge in [-0.3, -0.25) is 4.90 Å². The van der Waals surface area contributed by atoms with Gasteiger partial charge in [0.05, 0.1) is 18.8 Å². The second kappa shape index (κ2) is 7.04. The van der Waals surface area contributed by atoms with Crippen LogP contribution in [0.25, 0.3) is 0 Å². The lowest BCUT2D eigenvalue weighted by Gasteiger charge is -2.36. The van der Waals surface area contributed by atoms with Crippen LogP contribution in [0.4, 0.5) is 13.2 Å². The number of aromatic nitrogens is 1. The van der Waals surface area contributed by atoms with E-state index in [4.69, 9.17) is 4.74 Å². The molecule has 2 unspecified atom stereocenters. The number of thiazole rings is 1. The first-order valence-electron chi connectivity index (χ1n) is 6.99. The summed E-state index contributed by atoms with van der Waals surface area (Å²) in [5.41, 5.74) is 0. The second-order valence-electron chi connectivity index (χ2n) is 5.04. The first-order valence-corrected chi connectivity index (χ1v) is 7.81. The molecular weight excluding hydrogens is 303 g/mol. The molecule has 1 saturated heterocycles. The van der Waals surface area contributed by atoms with Crippen molar-refractivity contribution in [3.8, 4) is 0 Å². The van der Waals surface area contributed by atoms with Crippen molar-refractivity contribution < 1.29 is 17.9 Å². The minimum atomic E-state index is -4.39. The number of ether oxygens (including phenoxy) is 1. The zero-order valence-corrected chi connectivity index (χ0v) is 12.9. The van der Waals surface area contributed by atoms with E-state index in [1.165, 1.54) is 6.20 Å². The van der Waals surface area contributed by atoms with Crippen molar-refractivity contribution in [2.45, 2.75) is 31.7 Å². The van der Waals surface area contributed by atoms with Crippen LogP contribution in [-0.2, 0) is 10.9 Å². The molecule has 1 aromatic heterocycles. The number of rotatable bonds is 5. The zero-order chi connectivity index (χ0) is 15.5. The highest BCUT2D eigenvalue weighted by atomic mass is 32.1. The van der Waals surface area contributed by atoms with Crippen molar-refractivity contribution >= 4 is 11.3 Å². The highest BCUT2D eigenvalue weighted by Crippen LogP contribution is 2.35. The molecule has 0 saturated carbocycles. The van der Waals surface area contributed by atoms with Crippen LogP contribution in [0.5, 0.6) is 0 Å². The van der Waals surface area contributed by atoms with E-state index in [1.54, 1.807) is 7.05 Å². The van der Waals surface area contributed by atoms with Gasteiger partial charge in [0.25, 0.3) is 0 Å². The Kier molecular flexibility index (Phi) is 5.59. The van der Waals surface area contributed by atoms with Crippen LogP contribution in [0.1, 0.15) is 29.3 Å². The van der Waals surface area contributed by atoms with E-state index in [-0.39, 0.29) is 12.1 Å². The summed E-state index contributed by atoms with van der Waals surface area (Å²) in [6.45, 7) is 5.29. The number of hydrogen-bond donors (Lipinski definition) is 1. The summed E-state index contributed by atoms with van der Waals surface area (Å²) in [4.78, 5) is 6.34. The predicted molar refractivity (Wildman–Crippen MR) is 75.4 cm³/mol. The van der Waals surface area contributed by atoms with E-state index in [9.17, 15) is 13.2 Å². The first-order chi connectivity index (χ1) is 9.95. The first kappa shape index (κ1) is 16.7. The molecule has 0 amide bonds. The molecule has 0 aromatic carbocycles. The Hall–Kier alpha value is -0.700. The molecule has 1 aliphatic rings. The molecule has 1 aliphatic heterocycles. The maximum atomic E-state index is 12.7. The van der Waals surface area contributed by atoms with Gasteiger partial charge in [-0.15, -0.1) is 11.3 Å². The third kappa shape index (κ3) is 4.15. The summed E-state index contributed by atoms with van der Waals surface area (Å²) in [5.74, 6) is 0. The van der Waals surface area contributed by atoms with Crippen LogP contribution >= 0.6 is 11.3 Å². The summed E-state index contributed by atoms with van der Waals surface area (Å²) >= 11 is 0.684. The average Bonchev–Trinajstić information content (AvgIpc) is 2.90. The molecule has 8 heteroatoms. The lowest BCUT2D eigenvalue weighted by Crippen LogP contribution is -2.47. The largest absolute Gasteiger partial charge is 0.443 e. The minimum Gasteiger partial charge on any atom is -0.374 e. The van der Waals surface area contributed by atoms with Crippen LogP contribution in [-0.4, -0.2) is 49.3 Å². The fourth-order valence-electron chi connectivity index (χ4n) is 2.53. The Labute approximate surface area is 126 Å². The van der Waals surface area contributed by atoms with E-state index in [2.05, 4.69) is 22.1 Å². The molecule has 0 spiro atoms. The van der Waals surface area contributed by atoms with Crippen LogP contribution in [0.3, 0.4) is 0 Å². The number of morpholine rings is 1. The van der Waals surface area contributed by atoms with Crippen LogP contribution < -0.4 is 5.32 Å². The summed E-state index contributed by atoms with van der Waals surface area (Å²) < 4.78 is 43.7. The van der Waals surface area contributed by atoms with Gasteiger partial charge in [-0.2, -0.15) is 13.2 Å². The number of nitrogens with zero attached hydrogens (tertiary/aromatic N) is 2. The Bertz CT molecular complexity index is 450. The van der Waals surface area contributed by atoms with Gasteiger partial charge in [0, 0.05) is 24.2 Å². The summed E-state index contributed by atoms with van der Waals surface area (Å²) in [7, 11) is 1.74. The van der Waals surface area contributed by atoms with Gasteiger partial charge < -0.3 is 10.1 Å². The third-order valence-corrected chi connectivity index (χ3v) is 4.60. The van der Waals surface area contributed by atoms with Crippen molar-refractivity contribution in [3.63, 3.8) is 0 Å². The van der Waals surface area contributed by atoms with E-state index in [1.807, 2.05) is 0 Å². The topological polar surface area (TPSA) is 37.4 Å². The Morgan fingerprint density at radius 1 is 1.57 bits per heavy atom. The molecule has 2 heterocycles.